The molecule has 0 aliphatic carbocycles. The Labute approximate surface area is 135 Å². The van der Waals surface area contributed by atoms with E-state index in [2.05, 4.69) is 17.6 Å². The topological polar surface area (TPSA) is 50.4 Å². The van der Waals surface area contributed by atoms with Gasteiger partial charge in [-0.3, -0.25) is 0 Å². The van der Waals surface area contributed by atoms with E-state index >= 15 is 0 Å². The van der Waals surface area contributed by atoms with Gasteiger partial charge in [-0.15, -0.1) is 0 Å². The van der Waals surface area contributed by atoms with Crippen molar-refractivity contribution in [2.45, 2.75) is 13.3 Å². The lowest BCUT2D eigenvalue weighted by Crippen LogP contribution is -2.32. The summed E-state index contributed by atoms with van der Waals surface area (Å²) < 4.78 is 5.56. The summed E-state index contributed by atoms with van der Waals surface area (Å²) in [5.41, 5.74) is 1.96. The summed E-state index contributed by atoms with van der Waals surface area (Å²) in [5.74, 6) is 0.803. The minimum atomic E-state index is -0.271. The van der Waals surface area contributed by atoms with Crippen molar-refractivity contribution in [2.75, 3.05) is 18.5 Å². The predicted octanol–water partition coefficient (Wildman–Crippen LogP) is 4.10. The summed E-state index contributed by atoms with van der Waals surface area (Å²) in [6.45, 7) is 2.95. The van der Waals surface area contributed by atoms with Gasteiger partial charge in [0.2, 0.25) is 0 Å². The molecular weight excluding hydrogens is 300 g/mol. The van der Waals surface area contributed by atoms with Gasteiger partial charge in [-0.2, -0.15) is 0 Å². The van der Waals surface area contributed by atoms with Gasteiger partial charge in [-0.25, -0.2) is 4.79 Å². The van der Waals surface area contributed by atoms with Crippen LogP contribution in [0.4, 0.5) is 10.5 Å². The van der Waals surface area contributed by atoms with Crippen LogP contribution in [0, 0.1) is 0 Å². The molecule has 0 aromatic heterocycles. The third-order valence-corrected chi connectivity index (χ3v) is 3.34. The first-order valence-corrected chi connectivity index (χ1v) is 7.57. The molecule has 116 valence electrons. The second kappa shape index (κ2) is 8.29. The zero-order valence-electron chi connectivity index (χ0n) is 12.4. The van der Waals surface area contributed by atoms with E-state index in [0.717, 1.165) is 12.2 Å². The summed E-state index contributed by atoms with van der Waals surface area (Å²) in [6, 6.07) is 14.6. The van der Waals surface area contributed by atoms with Gasteiger partial charge in [0.05, 0.1) is 6.54 Å². The molecule has 0 atom stereocenters. The zero-order chi connectivity index (χ0) is 15.8. The number of urea groups is 1. The van der Waals surface area contributed by atoms with E-state index < -0.39 is 0 Å². The van der Waals surface area contributed by atoms with Crippen LogP contribution in [0.3, 0.4) is 0 Å². The first kappa shape index (κ1) is 16.2. The molecular formula is C17H19ClN2O2. The minimum absolute atomic E-state index is 0.271. The maximum absolute atomic E-state index is 11.7. The Morgan fingerprint density at radius 2 is 1.77 bits per heavy atom. The van der Waals surface area contributed by atoms with Crippen molar-refractivity contribution in [3.63, 3.8) is 0 Å². The Balaban J connectivity index is 1.67. The van der Waals surface area contributed by atoms with Gasteiger partial charge in [-0.05, 0) is 48.4 Å². The SMILES string of the molecule is CCc1ccc(OCCNC(=O)Nc2ccc(Cl)cc2)cc1. The van der Waals surface area contributed by atoms with Gasteiger partial charge in [0, 0.05) is 10.7 Å². The number of rotatable bonds is 6. The lowest BCUT2D eigenvalue weighted by molar-refractivity contribution is 0.247. The molecule has 2 rings (SSSR count). The van der Waals surface area contributed by atoms with Crippen molar-refractivity contribution in [1.29, 1.82) is 0 Å². The van der Waals surface area contributed by atoms with Crippen LogP contribution < -0.4 is 15.4 Å². The molecule has 0 saturated carbocycles. The quantitative estimate of drug-likeness (QED) is 0.788. The standard InChI is InChI=1S/C17H19ClN2O2/c1-2-13-3-9-16(10-4-13)22-12-11-19-17(21)20-15-7-5-14(18)6-8-15/h3-10H,2,11-12H2,1H3,(H2,19,20,21). The van der Waals surface area contributed by atoms with Crippen LogP contribution in [0.1, 0.15) is 12.5 Å². The smallest absolute Gasteiger partial charge is 0.319 e. The second-order valence-corrected chi connectivity index (χ2v) is 5.17. The van der Waals surface area contributed by atoms with Crippen molar-refractivity contribution in [1.82, 2.24) is 5.32 Å². The fraction of sp³-hybridized carbons (Fsp3) is 0.235. The first-order valence-electron chi connectivity index (χ1n) is 7.19. The predicted molar refractivity (Wildman–Crippen MR) is 89.8 cm³/mol. The molecule has 0 bridgehead atoms. The molecule has 2 aromatic rings. The lowest BCUT2D eigenvalue weighted by Gasteiger charge is -2.09. The van der Waals surface area contributed by atoms with Gasteiger partial charge in [0.15, 0.2) is 0 Å². The highest BCUT2D eigenvalue weighted by Gasteiger charge is 2.01. The number of ether oxygens (including phenoxy) is 1. The fourth-order valence-electron chi connectivity index (χ4n) is 1.86. The number of carbonyl (C=O) groups is 1. The molecule has 4 nitrogen and oxygen atoms in total. The van der Waals surface area contributed by atoms with Crippen molar-refractivity contribution in [3.8, 4) is 5.75 Å². The fourth-order valence-corrected chi connectivity index (χ4v) is 1.99. The van der Waals surface area contributed by atoms with Gasteiger partial charge < -0.3 is 15.4 Å². The molecule has 0 saturated heterocycles. The number of carbonyl (C=O) groups excluding carboxylic acids is 1. The number of nitrogens with one attached hydrogen (secondary N) is 2. The van der Waals surface area contributed by atoms with Crippen LogP contribution in [0.5, 0.6) is 5.75 Å². The summed E-state index contributed by atoms with van der Waals surface area (Å²) >= 11 is 5.78. The number of hydrogen-bond acceptors (Lipinski definition) is 2. The molecule has 0 unspecified atom stereocenters. The highest BCUT2D eigenvalue weighted by Crippen LogP contribution is 2.13. The molecule has 2 N–H and O–H groups in total. The molecule has 2 amide bonds. The molecule has 0 aliphatic heterocycles. The Morgan fingerprint density at radius 1 is 1.09 bits per heavy atom. The average molecular weight is 319 g/mol. The van der Waals surface area contributed by atoms with Gasteiger partial charge in [0.1, 0.15) is 12.4 Å². The summed E-state index contributed by atoms with van der Waals surface area (Å²) in [6.07, 6.45) is 1.01. The number of aryl methyl sites for hydroxylation is 1. The van der Waals surface area contributed by atoms with Crippen LogP contribution in [-0.4, -0.2) is 19.2 Å². The third kappa shape index (κ3) is 5.30. The molecule has 22 heavy (non-hydrogen) atoms. The van der Waals surface area contributed by atoms with Crippen molar-refractivity contribution in [2.24, 2.45) is 0 Å². The minimum Gasteiger partial charge on any atom is -0.492 e. The van der Waals surface area contributed by atoms with Gasteiger partial charge >= 0.3 is 6.03 Å². The Kier molecular flexibility index (Phi) is 6.10. The van der Waals surface area contributed by atoms with E-state index in [1.807, 2.05) is 24.3 Å². The average Bonchev–Trinajstić information content (AvgIpc) is 2.54. The number of halogens is 1. The van der Waals surface area contributed by atoms with E-state index in [4.69, 9.17) is 16.3 Å². The van der Waals surface area contributed by atoms with E-state index in [9.17, 15) is 4.79 Å². The van der Waals surface area contributed by atoms with Crippen molar-refractivity contribution >= 4 is 23.3 Å². The number of benzene rings is 2. The summed E-state index contributed by atoms with van der Waals surface area (Å²) in [5, 5.41) is 6.08. The van der Waals surface area contributed by atoms with Gasteiger partial charge in [0.25, 0.3) is 0 Å². The molecule has 0 aliphatic rings. The summed E-state index contributed by atoms with van der Waals surface area (Å²) in [4.78, 5) is 11.7. The van der Waals surface area contributed by atoms with Crippen LogP contribution >= 0.6 is 11.6 Å². The van der Waals surface area contributed by atoms with Gasteiger partial charge in [-0.1, -0.05) is 30.7 Å². The molecule has 2 aromatic carbocycles. The van der Waals surface area contributed by atoms with E-state index in [0.29, 0.717) is 23.9 Å². The molecule has 0 spiro atoms. The maximum Gasteiger partial charge on any atom is 0.319 e. The number of anilines is 1. The Bertz CT molecular complexity index is 597. The monoisotopic (exact) mass is 318 g/mol. The van der Waals surface area contributed by atoms with Crippen LogP contribution in [0.15, 0.2) is 48.5 Å². The molecule has 0 fully saturated rings. The molecule has 5 heteroatoms. The Morgan fingerprint density at radius 3 is 2.41 bits per heavy atom. The van der Waals surface area contributed by atoms with E-state index in [-0.39, 0.29) is 6.03 Å². The van der Waals surface area contributed by atoms with E-state index in [1.165, 1.54) is 5.56 Å². The van der Waals surface area contributed by atoms with Crippen molar-refractivity contribution in [3.05, 3.63) is 59.1 Å². The lowest BCUT2D eigenvalue weighted by atomic mass is 10.2. The highest BCUT2D eigenvalue weighted by molar-refractivity contribution is 6.30. The Hall–Kier alpha value is -2.20. The van der Waals surface area contributed by atoms with Crippen LogP contribution in [0.25, 0.3) is 0 Å². The highest BCUT2D eigenvalue weighted by atomic mass is 35.5. The largest absolute Gasteiger partial charge is 0.492 e. The maximum atomic E-state index is 11.7. The van der Waals surface area contributed by atoms with Crippen molar-refractivity contribution < 1.29 is 9.53 Å². The summed E-state index contributed by atoms with van der Waals surface area (Å²) in [7, 11) is 0. The first-order chi connectivity index (χ1) is 10.7. The number of hydrogen-bond donors (Lipinski definition) is 2. The second-order valence-electron chi connectivity index (χ2n) is 4.73. The van der Waals surface area contributed by atoms with Crippen LogP contribution in [0.2, 0.25) is 5.02 Å². The third-order valence-electron chi connectivity index (χ3n) is 3.09. The zero-order valence-corrected chi connectivity index (χ0v) is 13.2. The number of amides is 2. The molecule has 0 radical (unpaired) electrons. The molecule has 0 heterocycles. The normalized spacial score (nSPS) is 10.1. The van der Waals surface area contributed by atoms with Crippen LogP contribution in [-0.2, 0) is 6.42 Å². The van der Waals surface area contributed by atoms with E-state index in [1.54, 1.807) is 24.3 Å².